The highest BCUT2D eigenvalue weighted by molar-refractivity contribution is 5.00. The van der Waals surface area contributed by atoms with Crippen LogP contribution in [0.1, 0.15) is 0 Å². The Morgan fingerprint density at radius 3 is 2.38 bits per heavy atom. The summed E-state index contributed by atoms with van der Waals surface area (Å²) < 4.78 is 13.1. The predicted molar refractivity (Wildman–Crippen MR) is 41.8 cm³/mol. The van der Waals surface area contributed by atoms with Gasteiger partial charge in [0.05, 0.1) is 31.4 Å². The molecule has 1 heterocycles. The average molecular weight is 195 g/mol. The smallest absolute Gasteiger partial charge is 0.145 e. The SMILES string of the molecule is OC[C@@H](O)[C@@H]1N[C@@H](CO)[C@H](F)[C@H]1O. The molecule has 0 unspecified atom stereocenters. The molecule has 0 aromatic carbocycles. The van der Waals surface area contributed by atoms with Crippen molar-refractivity contribution < 1.29 is 24.8 Å². The van der Waals surface area contributed by atoms with Crippen molar-refractivity contribution in [3.8, 4) is 0 Å². The lowest BCUT2D eigenvalue weighted by Crippen LogP contribution is -2.45. The third kappa shape index (κ3) is 1.97. The number of alkyl halides is 1. The number of hydrogen-bond donors (Lipinski definition) is 5. The number of aliphatic hydroxyl groups is 4. The minimum atomic E-state index is -1.61. The van der Waals surface area contributed by atoms with Crippen LogP contribution in [0, 0.1) is 0 Å². The first-order valence-corrected chi connectivity index (χ1v) is 4.09. The summed E-state index contributed by atoms with van der Waals surface area (Å²) in [5, 5.41) is 38.1. The molecule has 1 fully saturated rings. The topological polar surface area (TPSA) is 93.0 Å². The van der Waals surface area contributed by atoms with Gasteiger partial charge in [-0.3, -0.25) is 0 Å². The van der Waals surface area contributed by atoms with E-state index in [1.807, 2.05) is 0 Å². The number of hydrogen-bond acceptors (Lipinski definition) is 5. The van der Waals surface area contributed by atoms with Crippen molar-refractivity contribution in [2.24, 2.45) is 0 Å². The van der Waals surface area contributed by atoms with Crippen LogP contribution < -0.4 is 5.32 Å². The van der Waals surface area contributed by atoms with Crippen molar-refractivity contribution >= 4 is 0 Å². The van der Waals surface area contributed by atoms with Gasteiger partial charge in [-0.25, -0.2) is 4.39 Å². The summed E-state index contributed by atoms with van der Waals surface area (Å²) in [6.07, 6.45) is -4.22. The van der Waals surface area contributed by atoms with Crippen molar-refractivity contribution in [1.29, 1.82) is 0 Å². The Labute approximate surface area is 74.8 Å². The van der Waals surface area contributed by atoms with Crippen molar-refractivity contribution in [3.63, 3.8) is 0 Å². The predicted octanol–water partition coefficient (Wildman–Crippen LogP) is -2.63. The van der Waals surface area contributed by atoms with E-state index < -0.39 is 43.7 Å². The summed E-state index contributed by atoms with van der Waals surface area (Å²) in [5.41, 5.74) is 0. The van der Waals surface area contributed by atoms with Gasteiger partial charge in [0.2, 0.25) is 0 Å². The maximum atomic E-state index is 13.1. The highest BCUT2D eigenvalue weighted by Gasteiger charge is 2.44. The van der Waals surface area contributed by atoms with E-state index >= 15 is 0 Å². The van der Waals surface area contributed by atoms with Crippen LogP contribution in [0.3, 0.4) is 0 Å². The van der Waals surface area contributed by atoms with Crippen LogP contribution in [0.15, 0.2) is 0 Å². The van der Waals surface area contributed by atoms with E-state index in [0.717, 1.165) is 0 Å². The highest BCUT2D eigenvalue weighted by Crippen LogP contribution is 2.19. The average Bonchev–Trinajstić information content (AvgIpc) is 2.43. The fourth-order valence-corrected chi connectivity index (χ4v) is 1.48. The van der Waals surface area contributed by atoms with Gasteiger partial charge in [-0.15, -0.1) is 0 Å². The molecule has 78 valence electrons. The molecule has 0 radical (unpaired) electrons. The molecule has 13 heavy (non-hydrogen) atoms. The minimum Gasteiger partial charge on any atom is -0.395 e. The van der Waals surface area contributed by atoms with Crippen molar-refractivity contribution in [1.82, 2.24) is 5.32 Å². The van der Waals surface area contributed by atoms with Gasteiger partial charge in [0.15, 0.2) is 0 Å². The van der Waals surface area contributed by atoms with Gasteiger partial charge >= 0.3 is 0 Å². The molecule has 0 bridgehead atoms. The van der Waals surface area contributed by atoms with E-state index in [1.165, 1.54) is 0 Å². The van der Waals surface area contributed by atoms with E-state index in [4.69, 9.17) is 15.3 Å². The zero-order chi connectivity index (χ0) is 10.0. The van der Waals surface area contributed by atoms with Crippen molar-refractivity contribution in [3.05, 3.63) is 0 Å². The molecule has 1 saturated heterocycles. The lowest BCUT2D eigenvalue weighted by Gasteiger charge is -2.19. The molecule has 0 aliphatic carbocycles. The normalized spacial score (nSPS) is 42.2. The number of halogens is 1. The Bertz CT molecular complexity index is 171. The van der Waals surface area contributed by atoms with Crippen LogP contribution in [-0.4, -0.2) is 64.1 Å². The summed E-state index contributed by atoms with van der Waals surface area (Å²) in [5.74, 6) is 0. The molecule has 5 N–H and O–H groups in total. The second-order valence-corrected chi connectivity index (χ2v) is 3.17. The Kier molecular flexibility index (Phi) is 3.57. The fraction of sp³-hybridized carbons (Fsp3) is 1.00. The summed E-state index contributed by atoms with van der Waals surface area (Å²) >= 11 is 0. The molecule has 0 spiro atoms. The molecule has 0 saturated carbocycles. The molecular formula is C7H14FNO4. The van der Waals surface area contributed by atoms with Gasteiger partial charge in [0, 0.05) is 0 Å². The zero-order valence-corrected chi connectivity index (χ0v) is 6.97. The van der Waals surface area contributed by atoms with Crippen LogP contribution in [0.4, 0.5) is 4.39 Å². The first kappa shape index (κ1) is 10.8. The third-order valence-electron chi connectivity index (χ3n) is 2.28. The van der Waals surface area contributed by atoms with E-state index in [2.05, 4.69) is 5.32 Å². The highest BCUT2D eigenvalue weighted by atomic mass is 19.1. The van der Waals surface area contributed by atoms with Crippen molar-refractivity contribution in [2.75, 3.05) is 13.2 Å². The molecular weight excluding hydrogens is 181 g/mol. The Balaban J connectivity index is 2.60. The first-order chi connectivity index (χ1) is 6.11. The van der Waals surface area contributed by atoms with Gasteiger partial charge in [-0.2, -0.15) is 0 Å². The van der Waals surface area contributed by atoms with Gasteiger partial charge in [-0.1, -0.05) is 0 Å². The summed E-state index contributed by atoms with van der Waals surface area (Å²) in [6, 6.07) is -1.79. The Morgan fingerprint density at radius 1 is 1.38 bits per heavy atom. The molecule has 0 amide bonds. The molecule has 1 aliphatic rings. The zero-order valence-electron chi connectivity index (χ0n) is 6.97. The van der Waals surface area contributed by atoms with Gasteiger partial charge < -0.3 is 25.7 Å². The van der Waals surface area contributed by atoms with E-state index in [0.29, 0.717) is 0 Å². The second kappa shape index (κ2) is 4.30. The summed E-state index contributed by atoms with van der Waals surface area (Å²) in [4.78, 5) is 0. The number of aliphatic hydroxyl groups excluding tert-OH is 4. The van der Waals surface area contributed by atoms with Gasteiger partial charge in [0.1, 0.15) is 12.3 Å². The van der Waals surface area contributed by atoms with Gasteiger partial charge in [-0.05, 0) is 0 Å². The summed E-state index contributed by atoms with van der Waals surface area (Å²) in [6.45, 7) is -1.01. The van der Waals surface area contributed by atoms with Crippen molar-refractivity contribution in [2.45, 2.75) is 30.5 Å². The second-order valence-electron chi connectivity index (χ2n) is 3.17. The van der Waals surface area contributed by atoms with Crippen LogP contribution in [-0.2, 0) is 0 Å². The number of rotatable bonds is 3. The lowest BCUT2D eigenvalue weighted by molar-refractivity contribution is 0.00804. The van der Waals surface area contributed by atoms with Crippen LogP contribution in [0.25, 0.3) is 0 Å². The molecule has 1 aliphatic heterocycles. The number of nitrogens with one attached hydrogen (secondary N) is 1. The summed E-state index contributed by atoms with van der Waals surface area (Å²) in [7, 11) is 0. The molecule has 6 heteroatoms. The lowest BCUT2D eigenvalue weighted by atomic mass is 10.1. The first-order valence-electron chi connectivity index (χ1n) is 4.09. The molecule has 1 rings (SSSR count). The Morgan fingerprint density at radius 2 is 2.00 bits per heavy atom. The van der Waals surface area contributed by atoms with Crippen LogP contribution in [0.5, 0.6) is 0 Å². The quantitative estimate of drug-likeness (QED) is 0.340. The van der Waals surface area contributed by atoms with Gasteiger partial charge in [0.25, 0.3) is 0 Å². The molecule has 5 nitrogen and oxygen atoms in total. The van der Waals surface area contributed by atoms with Crippen LogP contribution in [0.2, 0.25) is 0 Å². The van der Waals surface area contributed by atoms with E-state index in [-0.39, 0.29) is 0 Å². The molecule has 5 atom stereocenters. The standard InChI is InChI=1S/C7H14FNO4/c8-5-3(1-10)9-6(7(5)13)4(12)2-11/h3-7,9-13H,1-2H2/t3-,4+,5-,6-,7+/m0/s1. The maximum absolute atomic E-state index is 13.1. The third-order valence-corrected chi connectivity index (χ3v) is 2.28. The largest absolute Gasteiger partial charge is 0.395 e. The fourth-order valence-electron chi connectivity index (χ4n) is 1.48. The van der Waals surface area contributed by atoms with E-state index in [1.54, 1.807) is 0 Å². The van der Waals surface area contributed by atoms with Crippen LogP contribution >= 0.6 is 0 Å². The Hall–Kier alpha value is -0.270. The monoisotopic (exact) mass is 195 g/mol. The molecule has 0 aromatic rings. The molecule has 0 aromatic heterocycles. The maximum Gasteiger partial charge on any atom is 0.145 e. The van der Waals surface area contributed by atoms with E-state index in [9.17, 15) is 9.50 Å². The minimum absolute atomic E-state index is 0.452.